The SMILES string of the molecule is O=S(=O)(Nc1ccc(-n2cccn2)nc1)c1cc(Cl)cc(Cl)c1. The molecule has 0 bridgehead atoms. The van der Waals surface area contributed by atoms with Crippen LogP contribution in [0.2, 0.25) is 10.0 Å². The van der Waals surface area contributed by atoms with E-state index in [9.17, 15) is 8.42 Å². The molecule has 9 heteroatoms. The number of hydrogen-bond acceptors (Lipinski definition) is 4. The van der Waals surface area contributed by atoms with Gasteiger partial charge in [0.1, 0.15) is 0 Å². The fourth-order valence-corrected chi connectivity index (χ4v) is 3.65. The summed E-state index contributed by atoms with van der Waals surface area (Å²) >= 11 is 11.7. The molecule has 0 aliphatic rings. The third-order valence-corrected chi connectivity index (χ3v) is 4.68. The van der Waals surface area contributed by atoms with E-state index in [0.717, 1.165) is 0 Å². The maximum atomic E-state index is 12.3. The van der Waals surface area contributed by atoms with Crippen LogP contribution in [-0.2, 0) is 10.0 Å². The number of benzene rings is 1. The number of anilines is 1. The van der Waals surface area contributed by atoms with Gasteiger partial charge in [0.05, 0.1) is 16.8 Å². The van der Waals surface area contributed by atoms with E-state index in [1.807, 2.05) is 0 Å². The zero-order valence-corrected chi connectivity index (χ0v) is 13.8. The van der Waals surface area contributed by atoms with E-state index >= 15 is 0 Å². The molecule has 0 aliphatic carbocycles. The topological polar surface area (TPSA) is 76.9 Å². The number of hydrogen-bond donors (Lipinski definition) is 1. The van der Waals surface area contributed by atoms with Gasteiger partial charge in [0.2, 0.25) is 0 Å². The summed E-state index contributed by atoms with van der Waals surface area (Å²) in [6.45, 7) is 0. The quantitative estimate of drug-likeness (QED) is 0.765. The van der Waals surface area contributed by atoms with Crippen molar-refractivity contribution in [2.45, 2.75) is 4.90 Å². The Morgan fingerprint density at radius 1 is 1.09 bits per heavy atom. The molecular weight excluding hydrogens is 359 g/mol. The van der Waals surface area contributed by atoms with Gasteiger partial charge in [-0.15, -0.1) is 0 Å². The largest absolute Gasteiger partial charge is 0.278 e. The predicted molar refractivity (Wildman–Crippen MR) is 88.6 cm³/mol. The maximum absolute atomic E-state index is 12.3. The standard InChI is InChI=1S/C14H10Cl2N4O2S/c15-10-6-11(16)8-13(7-10)23(21,22)19-12-2-3-14(17-9-12)20-5-1-4-18-20/h1-9,19H. The van der Waals surface area contributed by atoms with Crippen LogP contribution >= 0.6 is 23.2 Å². The van der Waals surface area contributed by atoms with Gasteiger partial charge in [0.15, 0.2) is 5.82 Å². The Morgan fingerprint density at radius 2 is 1.83 bits per heavy atom. The summed E-state index contributed by atoms with van der Waals surface area (Å²) in [5, 5.41) is 4.53. The highest BCUT2D eigenvalue weighted by Gasteiger charge is 2.16. The molecule has 0 fully saturated rings. The Bertz CT molecular complexity index is 906. The zero-order valence-electron chi connectivity index (χ0n) is 11.5. The second kappa shape index (κ2) is 6.19. The van der Waals surface area contributed by atoms with E-state index in [-0.39, 0.29) is 14.9 Å². The molecule has 0 aliphatic heterocycles. The molecular formula is C14H10Cl2N4O2S. The highest BCUT2D eigenvalue weighted by Crippen LogP contribution is 2.24. The van der Waals surface area contributed by atoms with Gasteiger partial charge in [-0.2, -0.15) is 5.10 Å². The molecule has 0 spiro atoms. The third-order valence-electron chi connectivity index (χ3n) is 2.89. The molecule has 0 amide bonds. The molecule has 118 valence electrons. The molecule has 3 aromatic rings. The minimum absolute atomic E-state index is 0.0221. The first kappa shape index (κ1) is 15.8. The minimum atomic E-state index is -3.81. The Balaban J connectivity index is 1.86. The van der Waals surface area contributed by atoms with Crippen LogP contribution < -0.4 is 4.72 Å². The second-order valence-electron chi connectivity index (χ2n) is 4.57. The summed E-state index contributed by atoms with van der Waals surface area (Å²) in [6.07, 6.45) is 4.77. The van der Waals surface area contributed by atoms with Crippen molar-refractivity contribution in [2.24, 2.45) is 0 Å². The molecule has 2 heterocycles. The average Bonchev–Trinajstić information content (AvgIpc) is 3.01. The summed E-state index contributed by atoms with van der Waals surface area (Å²) in [7, 11) is -3.81. The van der Waals surface area contributed by atoms with Crippen molar-refractivity contribution in [3.8, 4) is 5.82 Å². The molecule has 2 aromatic heterocycles. The van der Waals surface area contributed by atoms with Crippen LogP contribution in [0.25, 0.3) is 5.82 Å². The van der Waals surface area contributed by atoms with Crippen molar-refractivity contribution in [3.05, 3.63) is 65.0 Å². The fraction of sp³-hybridized carbons (Fsp3) is 0. The van der Waals surface area contributed by atoms with Crippen LogP contribution in [0.15, 0.2) is 59.9 Å². The van der Waals surface area contributed by atoms with Gasteiger partial charge < -0.3 is 0 Å². The zero-order chi connectivity index (χ0) is 16.4. The fourth-order valence-electron chi connectivity index (χ4n) is 1.88. The monoisotopic (exact) mass is 368 g/mol. The van der Waals surface area contributed by atoms with Crippen LogP contribution in [0.5, 0.6) is 0 Å². The van der Waals surface area contributed by atoms with Gasteiger partial charge in [-0.3, -0.25) is 4.72 Å². The number of nitrogens with one attached hydrogen (secondary N) is 1. The normalized spacial score (nSPS) is 11.4. The first-order valence-corrected chi connectivity index (χ1v) is 8.63. The molecule has 6 nitrogen and oxygen atoms in total. The lowest BCUT2D eigenvalue weighted by Gasteiger charge is -2.09. The Kier molecular flexibility index (Phi) is 4.25. The molecule has 23 heavy (non-hydrogen) atoms. The van der Waals surface area contributed by atoms with Crippen molar-refractivity contribution in [2.75, 3.05) is 4.72 Å². The number of rotatable bonds is 4. The van der Waals surface area contributed by atoms with Gasteiger partial charge in [-0.25, -0.2) is 18.1 Å². The van der Waals surface area contributed by atoms with Gasteiger partial charge in [-0.05, 0) is 36.4 Å². The molecule has 0 unspecified atom stereocenters. The van der Waals surface area contributed by atoms with E-state index in [1.54, 1.807) is 35.3 Å². The molecule has 3 rings (SSSR count). The Hall–Kier alpha value is -2.09. The maximum Gasteiger partial charge on any atom is 0.262 e. The van der Waals surface area contributed by atoms with Crippen LogP contribution in [0.4, 0.5) is 5.69 Å². The molecule has 0 atom stereocenters. The van der Waals surface area contributed by atoms with Gasteiger partial charge >= 0.3 is 0 Å². The Labute approximate surface area is 142 Å². The third kappa shape index (κ3) is 3.64. The summed E-state index contributed by atoms with van der Waals surface area (Å²) < 4.78 is 28.7. The highest BCUT2D eigenvalue weighted by molar-refractivity contribution is 7.92. The van der Waals surface area contributed by atoms with Crippen molar-refractivity contribution < 1.29 is 8.42 Å². The number of sulfonamides is 1. The molecule has 1 aromatic carbocycles. The van der Waals surface area contributed by atoms with Crippen molar-refractivity contribution in [1.29, 1.82) is 0 Å². The van der Waals surface area contributed by atoms with Crippen molar-refractivity contribution >= 4 is 38.9 Å². The molecule has 0 radical (unpaired) electrons. The lowest BCUT2D eigenvalue weighted by Crippen LogP contribution is -2.13. The lowest BCUT2D eigenvalue weighted by molar-refractivity contribution is 0.601. The van der Waals surface area contributed by atoms with E-state index in [4.69, 9.17) is 23.2 Å². The minimum Gasteiger partial charge on any atom is -0.278 e. The van der Waals surface area contributed by atoms with Gasteiger partial charge in [-0.1, -0.05) is 23.2 Å². The van der Waals surface area contributed by atoms with Crippen LogP contribution in [-0.4, -0.2) is 23.2 Å². The smallest absolute Gasteiger partial charge is 0.262 e. The molecule has 0 saturated heterocycles. The summed E-state index contributed by atoms with van der Waals surface area (Å²) in [6, 6.07) is 9.11. The number of halogens is 2. The van der Waals surface area contributed by atoms with Crippen LogP contribution in [0, 0.1) is 0 Å². The highest BCUT2D eigenvalue weighted by atomic mass is 35.5. The summed E-state index contributed by atoms with van der Waals surface area (Å²) in [5.74, 6) is 0.573. The van der Waals surface area contributed by atoms with E-state index in [0.29, 0.717) is 11.5 Å². The number of nitrogens with zero attached hydrogens (tertiary/aromatic N) is 3. The Morgan fingerprint density at radius 3 is 2.39 bits per heavy atom. The molecule has 0 saturated carbocycles. The van der Waals surface area contributed by atoms with E-state index in [2.05, 4.69) is 14.8 Å². The van der Waals surface area contributed by atoms with E-state index < -0.39 is 10.0 Å². The predicted octanol–water partition coefficient (Wildman–Crippen LogP) is 3.37. The molecule has 1 N–H and O–H groups in total. The summed E-state index contributed by atoms with van der Waals surface area (Å²) in [4.78, 5) is 4.13. The first-order chi connectivity index (χ1) is 10.9. The summed E-state index contributed by atoms with van der Waals surface area (Å²) in [5.41, 5.74) is 0.317. The first-order valence-electron chi connectivity index (χ1n) is 6.39. The lowest BCUT2D eigenvalue weighted by atomic mass is 10.4. The number of pyridine rings is 1. The van der Waals surface area contributed by atoms with Gasteiger partial charge in [0.25, 0.3) is 10.0 Å². The van der Waals surface area contributed by atoms with Crippen LogP contribution in [0.3, 0.4) is 0 Å². The second-order valence-corrected chi connectivity index (χ2v) is 7.12. The van der Waals surface area contributed by atoms with E-state index in [1.165, 1.54) is 24.4 Å². The van der Waals surface area contributed by atoms with Crippen LogP contribution in [0.1, 0.15) is 0 Å². The average molecular weight is 369 g/mol. The van der Waals surface area contributed by atoms with Crippen molar-refractivity contribution in [1.82, 2.24) is 14.8 Å². The number of aromatic nitrogens is 3. The van der Waals surface area contributed by atoms with Gasteiger partial charge in [0, 0.05) is 22.4 Å². The van der Waals surface area contributed by atoms with Crippen molar-refractivity contribution in [3.63, 3.8) is 0 Å².